The lowest BCUT2D eigenvalue weighted by atomic mass is 10.1. The second-order valence-electron chi connectivity index (χ2n) is 7.54. The molecule has 4 aromatic rings. The van der Waals surface area contributed by atoms with Gasteiger partial charge in [-0.1, -0.05) is 49.7 Å². The Morgan fingerprint density at radius 1 is 1.03 bits per heavy atom. The van der Waals surface area contributed by atoms with Crippen LogP contribution in [-0.4, -0.2) is 20.0 Å². The summed E-state index contributed by atoms with van der Waals surface area (Å²) in [7, 11) is 0. The van der Waals surface area contributed by atoms with Crippen molar-refractivity contribution in [2.45, 2.75) is 38.9 Å². The lowest BCUT2D eigenvalue weighted by Gasteiger charge is -2.18. The number of carbonyl (C=O) groups is 1. The number of hydrogen-bond donors (Lipinski definition) is 1. The molecule has 3 aromatic heterocycles. The predicted molar refractivity (Wildman–Crippen MR) is 126 cm³/mol. The summed E-state index contributed by atoms with van der Waals surface area (Å²) < 4.78 is 2.59. The maximum absolute atomic E-state index is 13.0. The van der Waals surface area contributed by atoms with Crippen LogP contribution in [0.25, 0.3) is 11.2 Å². The van der Waals surface area contributed by atoms with Crippen LogP contribution in [0.15, 0.2) is 75.8 Å². The molecule has 0 spiro atoms. The van der Waals surface area contributed by atoms with E-state index in [0.717, 1.165) is 23.3 Å². The van der Waals surface area contributed by atoms with Crippen LogP contribution in [-0.2, 0) is 17.9 Å². The van der Waals surface area contributed by atoms with Crippen molar-refractivity contribution in [1.82, 2.24) is 19.4 Å². The van der Waals surface area contributed by atoms with Gasteiger partial charge in [-0.15, -0.1) is 11.3 Å². The number of carbonyl (C=O) groups excluding carboxylic acids is 1. The molecule has 7 nitrogen and oxygen atoms in total. The lowest BCUT2D eigenvalue weighted by Crippen LogP contribution is -2.44. The molecule has 1 aromatic carbocycles. The number of pyridine rings is 1. The van der Waals surface area contributed by atoms with Gasteiger partial charge in [-0.05, 0) is 35.6 Å². The quantitative estimate of drug-likeness (QED) is 0.419. The highest BCUT2D eigenvalue weighted by Gasteiger charge is 2.19. The molecule has 3 heterocycles. The maximum Gasteiger partial charge on any atom is 0.318 e. The number of nitrogens with one attached hydrogen (secondary N) is 1. The summed E-state index contributed by atoms with van der Waals surface area (Å²) in [4.78, 5) is 44.3. The van der Waals surface area contributed by atoms with Gasteiger partial charge in [-0.2, -0.15) is 0 Å². The molecule has 4 rings (SSSR count). The molecule has 0 saturated heterocycles. The van der Waals surface area contributed by atoms with Crippen molar-refractivity contribution in [2.75, 3.05) is 0 Å². The first-order chi connectivity index (χ1) is 15.6. The number of aromatic nitrogens is 3. The fraction of sp³-hybridized carbons (Fsp3) is 0.250. The van der Waals surface area contributed by atoms with Crippen molar-refractivity contribution < 1.29 is 4.79 Å². The molecule has 8 heteroatoms. The Morgan fingerprint density at radius 2 is 1.81 bits per heavy atom. The van der Waals surface area contributed by atoms with Crippen LogP contribution >= 0.6 is 11.3 Å². The topological polar surface area (TPSA) is 86.0 Å². The van der Waals surface area contributed by atoms with Crippen LogP contribution in [0.1, 0.15) is 36.2 Å². The van der Waals surface area contributed by atoms with Gasteiger partial charge in [0.05, 0.1) is 18.1 Å². The van der Waals surface area contributed by atoms with Gasteiger partial charge in [0.1, 0.15) is 6.54 Å². The molecule has 0 fully saturated rings. The summed E-state index contributed by atoms with van der Waals surface area (Å²) >= 11 is 1.58. The molecule has 0 saturated carbocycles. The number of fused-ring (bicyclic) bond motifs is 1. The Labute approximate surface area is 189 Å². The Hall–Kier alpha value is -3.52. The van der Waals surface area contributed by atoms with Crippen LogP contribution < -0.4 is 16.4 Å². The highest BCUT2D eigenvalue weighted by molar-refractivity contribution is 7.10. The average molecular weight is 449 g/mol. The van der Waals surface area contributed by atoms with E-state index in [4.69, 9.17) is 0 Å². The normalized spacial score (nSPS) is 12.0. The highest BCUT2D eigenvalue weighted by atomic mass is 32.1. The summed E-state index contributed by atoms with van der Waals surface area (Å²) in [6.45, 7) is 2.04. The van der Waals surface area contributed by atoms with Crippen molar-refractivity contribution in [3.8, 4) is 0 Å². The molecule has 1 atom stereocenters. The SMILES string of the molecule is CCC[C@@H](NC(=O)Cn1c(=O)c(=O)n(Cc2ccccc2)c2ncccc21)c1cccs1. The van der Waals surface area contributed by atoms with Gasteiger partial charge in [0.25, 0.3) is 0 Å². The van der Waals surface area contributed by atoms with E-state index < -0.39 is 11.1 Å². The number of hydrogen-bond acceptors (Lipinski definition) is 5. The Balaban J connectivity index is 1.68. The number of thiophene rings is 1. The second kappa shape index (κ2) is 9.74. The summed E-state index contributed by atoms with van der Waals surface area (Å²) in [6.07, 6.45) is 3.28. The largest absolute Gasteiger partial charge is 0.347 e. The second-order valence-corrected chi connectivity index (χ2v) is 8.52. The van der Waals surface area contributed by atoms with Crippen LogP contribution in [0, 0.1) is 0 Å². The van der Waals surface area contributed by atoms with Crippen LogP contribution in [0.3, 0.4) is 0 Å². The van der Waals surface area contributed by atoms with Crippen LogP contribution in [0.4, 0.5) is 0 Å². The van der Waals surface area contributed by atoms with E-state index in [9.17, 15) is 14.4 Å². The number of amides is 1. The molecule has 0 bridgehead atoms. The molecule has 0 radical (unpaired) electrons. The van der Waals surface area contributed by atoms with E-state index in [1.54, 1.807) is 29.7 Å². The molecule has 1 amide bonds. The standard InChI is InChI=1S/C24H24N4O3S/c1-2-8-18(20-12-7-14-32-20)26-21(29)16-27-19-11-6-13-25-22(19)28(24(31)23(27)30)15-17-9-4-3-5-10-17/h3-7,9-14,18H,2,8,15-16H2,1H3,(H,26,29)/t18-/m1/s1. The van der Waals surface area contributed by atoms with Crippen molar-refractivity contribution in [3.05, 3.63) is 97.3 Å². The van der Waals surface area contributed by atoms with Crippen molar-refractivity contribution >= 4 is 28.4 Å². The summed E-state index contributed by atoms with van der Waals surface area (Å²) in [5, 5.41) is 4.99. The van der Waals surface area contributed by atoms with E-state index >= 15 is 0 Å². The zero-order valence-electron chi connectivity index (χ0n) is 17.7. The Morgan fingerprint density at radius 3 is 2.53 bits per heavy atom. The average Bonchev–Trinajstić information content (AvgIpc) is 3.35. The van der Waals surface area contributed by atoms with Gasteiger partial charge in [0.15, 0.2) is 5.65 Å². The summed E-state index contributed by atoms with van der Waals surface area (Å²) in [5.41, 5.74) is 0.272. The molecule has 164 valence electrons. The minimum Gasteiger partial charge on any atom is -0.347 e. The highest BCUT2D eigenvalue weighted by Crippen LogP contribution is 2.23. The molecule has 0 aliphatic carbocycles. The van der Waals surface area contributed by atoms with E-state index in [2.05, 4.69) is 17.2 Å². The minimum atomic E-state index is -0.736. The van der Waals surface area contributed by atoms with Crippen molar-refractivity contribution in [2.24, 2.45) is 0 Å². The van der Waals surface area contributed by atoms with Gasteiger partial charge < -0.3 is 5.32 Å². The smallest absolute Gasteiger partial charge is 0.318 e. The van der Waals surface area contributed by atoms with Gasteiger partial charge in [-0.25, -0.2) is 4.98 Å². The Bertz CT molecular complexity index is 1330. The fourth-order valence-electron chi connectivity index (χ4n) is 3.76. The van der Waals surface area contributed by atoms with E-state index in [1.165, 1.54) is 9.13 Å². The zero-order valence-corrected chi connectivity index (χ0v) is 18.5. The van der Waals surface area contributed by atoms with Crippen LogP contribution in [0.2, 0.25) is 0 Å². The molecule has 1 N–H and O–H groups in total. The van der Waals surface area contributed by atoms with E-state index in [0.29, 0.717) is 11.2 Å². The lowest BCUT2D eigenvalue weighted by molar-refractivity contribution is -0.122. The molecular weight excluding hydrogens is 424 g/mol. The third kappa shape index (κ3) is 4.55. The first kappa shape index (κ1) is 21.7. The van der Waals surface area contributed by atoms with E-state index in [1.807, 2.05) is 47.8 Å². The molecule has 32 heavy (non-hydrogen) atoms. The van der Waals surface area contributed by atoms with Gasteiger partial charge in [0, 0.05) is 11.1 Å². The fourth-order valence-corrected chi connectivity index (χ4v) is 4.57. The summed E-state index contributed by atoms with van der Waals surface area (Å²) in [5.74, 6) is -0.315. The van der Waals surface area contributed by atoms with Crippen LogP contribution in [0.5, 0.6) is 0 Å². The molecule has 0 aliphatic heterocycles. The van der Waals surface area contributed by atoms with Crippen molar-refractivity contribution in [1.29, 1.82) is 0 Å². The van der Waals surface area contributed by atoms with Gasteiger partial charge in [-0.3, -0.25) is 23.5 Å². The first-order valence-corrected chi connectivity index (χ1v) is 11.4. The molecule has 0 unspecified atom stereocenters. The Kier molecular flexibility index (Phi) is 6.61. The predicted octanol–water partition coefficient (Wildman–Crippen LogP) is 3.33. The number of benzene rings is 1. The number of rotatable bonds is 8. The first-order valence-electron chi connectivity index (χ1n) is 10.5. The third-order valence-electron chi connectivity index (χ3n) is 5.27. The van der Waals surface area contributed by atoms with Crippen molar-refractivity contribution in [3.63, 3.8) is 0 Å². The monoisotopic (exact) mass is 448 g/mol. The summed E-state index contributed by atoms with van der Waals surface area (Å²) in [6, 6.07) is 16.6. The van der Waals surface area contributed by atoms with Gasteiger partial charge >= 0.3 is 11.1 Å². The minimum absolute atomic E-state index is 0.119. The number of nitrogens with zero attached hydrogens (tertiary/aromatic N) is 3. The molecular formula is C24H24N4O3S. The zero-order chi connectivity index (χ0) is 22.5. The molecule has 0 aliphatic rings. The maximum atomic E-state index is 13.0. The van der Waals surface area contributed by atoms with E-state index in [-0.39, 0.29) is 25.0 Å². The third-order valence-corrected chi connectivity index (χ3v) is 6.26. The van der Waals surface area contributed by atoms with Gasteiger partial charge in [0.2, 0.25) is 5.91 Å².